The Bertz CT molecular complexity index is 1270. The minimum atomic E-state index is 1.02. The summed E-state index contributed by atoms with van der Waals surface area (Å²) in [7, 11) is 0. The fourth-order valence-corrected chi connectivity index (χ4v) is 4.98. The van der Waals surface area contributed by atoms with Crippen LogP contribution >= 0.6 is 0 Å². The van der Waals surface area contributed by atoms with Crippen LogP contribution in [0.4, 0.5) is 5.69 Å². The van der Waals surface area contributed by atoms with Gasteiger partial charge in [0.1, 0.15) is 0 Å². The molecule has 5 aromatic carbocycles. The molecule has 1 aliphatic rings. The van der Waals surface area contributed by atoms with Crippen molar-refractivity contribution in [2.75, 3.05) is 31.1 Å². The number of piperazine rings is 1. The van der Waals surface area contributed by atoms with E-state index >= 15 is 0 Å². The first kappa shape index (κ1) is 16.8. The lowest BCUT2D eigenvalue weighted by Crippen LogP contribution is -2.45. The Hall–Kier alpha value is -3.10. The van der Waals surface area contributed by atoms with Crippen LogP contribution in [-0.4, -0.2) is 31.1 Å². The van der Waals surface area contributed by atoms with Crippen molar-refractivity contribution < 1.29 is 0 Å². The van der Waals surface area contributed by atoms with E-state index in [1.165, 1.54) is 43.6 Å². The van der Waals surface area contributed by atoms with Crippen LogP contribution < -0.4 is 4.90 Å². The van der Waals surface area contributed by atoms with Gasteiger partial charge >= 0.3 is 0 Å². The average molecular weight is 377 g/mol. The zero-order chi connectivity index (χ0) is 19.2. The van der Waals surface area contributed by atoms with E-state index in [1.807, 2.05) is 0 Å². The number of nitrogens with zero attached hydrogens (tertiary/aromatic N) is 2. The Morgan fingerprint density at radius 2 is 1.21 bits per heavy atom. The molecular weight excluding hydrogens is 352 g/mol. The van der Waals surface area contributed by atoms with Crippen molar-refractivity contribution in [3.63, 3.8) is 0 Å². The van der Waals surface area contributed by atoms with Crippen LogP contribution in [-0.2, 0) is 6.54 Å². The summed E-state index contributed by atoms with van der Waals surface area (Å²) in [5, 5.41) is 8.29. The van der Waals surface area contributed by atoms with Crippen molar-refractivity contribution in [3.05, 3.63) is 90.5 Å². The Balaban J connectivity index is 1.31. The molecule has 0 bridgehead atoms. The van der Waals surface area contributed by atoms with E-state index in [-0.39, 0.29) is 0 Å². The van der Waals surface area contributed by atoms with Gasteiger partial charge in [-0.2, -0.15) is 0 Å². The normalized spacial score (nSPS) is 15.7. The van der Waals surface area contributed by atoms with Gasteiger partial charge in [-0.3, -0.25) is 4.90 Å². The molecule has 0 saturated carbocycles. The molecule has 1 aliphatic heterocycles. The Morgan fingerprint density at radius 1 is 0.552 bits per heavy atom. The van der Waals surface area contributed by atoms with Crippen LogP contribution in [0.5, 0.6) is 0 Å². The number of para-hydroxylation sites is 1. The first-order valence-corrected chi connectivity index (χ1v) is 10.5. The zero-order valence-corrected chi connectivity index (χ0v) is 16.5. The van der Waals surface area contributed by atoms with Crippen molar-refractivity contribution in [1.29, 1.82) is 0 Å². The maximum absolute atomic E-state index is 2.60. The minimum Gasteiger partial charge on any atom is -0.369 e. The standard InChI is InChI=1S/C27H24N2/c1-2-7-24(8-3-1)29-17-15-28(16-18-29)19-23-12-11-22-10-9-20-5-4-6-21-13-14-25(23)27(22)26(20)21/h1-14H,15-19H2. The lowest BCUT2D eigenvalue weighted by molar-refractivity contribution is 0.251. The van der Waals surface area contributed by atoms with Crippen molar-refractivity contribution >= 4 is 38.0 Å². The summed E-state index contributed by atoms with van der Waals surface area (Å²) in [6.07, 6.45) is 0. The first-order chi connectivity index (χ1) is 14.4. The second-order valence-electron chi connectivity index (χ2n) is 8.18. The predicted molar refractivity (Wildman–Crippen MR) is 124 cm³/mol. The highest BCUT2D eigenvalue weighted by atomic mass is 15.3. The molecule has 0 unspecified atom stereocenters. The summed E-state index contributed by atoms with van der Waals surface area (Å²) in [6, 6.07) is 31.2. The van der Waals surface area contributed by atoms with Gasteiger partial charge in [0.05, 0.1) is 0 Å². The van der Waals surface area contributed by atoms with E-state index in [4.69, 9.17) is 0 Å². The summed E-state index contributed by atoms with van der Waals surface area (Å²) >= 11 is 0. The predicted octanol–water partition coefficient (Wildman–Crippen LogP) is 5.91. The smallest absolute Gasteiger partial charge is 0.0367 e. The number of rotatable bonds is 3. The fourth-order valence-electron chi connectivity index (χ4n) is 4.98. The molecular formula is C27H24N2. The van der Waals surface area contributed by atoms with Gasteiger partial charge < -0.3 is 4.90 Å². The fraction of sp³-hybridized carbons (Fsp3) is 0.185. The van der Waals surface area contributed by atoms with Gasteiger partial charge in [-0.05, 0) is 50.0 Å². The molecule has 6 rings (SSSR count). The highest BCUT2D eigenvalue weighted by molar-refractivity contribution is 6.23. The van der Waals surface area contributed by atoms with Crippen LogP contribution in [0.25, 0.3) is 32.3 Å². The van der Waals surface area contributed by atoms with Gasteiger partial charge in [0, 0.05) is 38.4 Å². The monoisotopic (exact) mass is 376 g/mol. The van der Waals surface area contributed by atoms with E-state index in [1.54, 1.807) is 0 Å². The quantitative estimate of drug-likeness (QED) is 0.361. The van der Waals surface area contributed by atoms with Crippen LogP contribution in [0.1, 0.15) is 5.56 Å². The van der Waals surface area contributed by atoms with Crippen molar-refractivity contribution in [1.82, 2.24) is 4.90 Å². The summed E-state index contributed by atoms with van der Waals surface area (Å²) < 4.78 is 0. The van der Waals surface area contributed by atoms with Crippen LogP contribution in [0, 0.1) is 0 Å². The van der Waals surface area contributed by atoms with Crippen molar-refractivity contribution in [3.8, 4) is 0 Å². The van der Waals surface area contributed by atoms with Crippen LogP contribution in [0.2, 0.25) is 0 Å². The van der Waals surface area contributed by atoms with Gasteiger partial charge in [0.2, 0.25) is 0 Å². The second kappa shape index (κ2) is 6.75. The third-order valence-electron chi connectivity index (χ3n) is 6.51. The third-order valence-corrected chi connectivity index (χ3v) is 6.51. The molecule has 142 valence electrons. The largest absolute Gasteiger partial charge is 0.369 e. The molecule has 0 aliphatic carbocycles. The van der Waals surface area contributed by atoms with Crippen LogP contribution in [0.3, 0.4) is 0 Å². The summed E-state index contributed by atoms with van der Waals surface area (Å²) in [6.45, 7) is 5.43. The Kier molecular flexibility index (Phi) is 3.92. The molecule has 1 heterocycles. The molecule has 5 aromatic rings. The van der Waals surface area contributed by atoms with Gasteiger partial charge in [-0.1, -0.05) is 72.8 Å². The maximum atomic E-state index is 2.60. The molecule has 0 aromatic heterocycles. The lowest BCUT2D eigenvalue weighted by atomic mass is 9.92. The molecule has 0 radical (unpaired) electrons. The third kappa shape index (κ3) is 2.83. The molecule has 2 heteroatoms. The molecule has 2 nitrogen and oxygen atoms in total. The molecule has 0 spiro atoms. The van der Waals surface area contributed by atoms with Crippen molar-refractivity contribution in [2.24, 2.45) is 0 Å². The molecule has 1 saturated heterocycles. The van der Waals surface area contributed by atoms with E-state index in [9.17, 15) is 0 Å². The van der Waals surface area contributed by atoms with Gasteiger partial charge in [0.15, 0.2) is 0 Å². The summed E-state index contributed by atoms with van der Waals surface area (Å²) in [5.74, 6) is 0. The van der Waals surface area contributed by atoms with E-state index in [2.05, 4.69) is 94.7 Å². The molecule has 0 N–H and O–H groups in total. The SMILES string of the molecule is c1ccc(N2CCN(Cc3ccc4ccc5cccc6ccc3c4c56)CC2)cc1. The summed E-state index contributed by atoms with van der Waals surface area (Å²) in [5.41, 5.74) is 2.79. The van der Waals surface area contributed by atoms with Crippen LogP contribution in [0.15, 0.2) is 84.9 Å². The van der Waals surface area contributed by atoms with Gasteiger partial charge in [-0.15, -0.1) is 0 Å². The molecule has 29 heavy (non-hydrogen) atoms. The average Bonchev–Trinajstić information content (AvgIpc) is 2.79. The lowest BCUT2D eigenvalue weighted by Gasteiger charge is -2.36. The first-order valence-electron chi connectivity index (χ1n) is 10.5. The number of anilines is 1. The zero-order valence-electron chi connectivity index (χ0n) is 16.5. The second-order valence-corrected chi connectivity index (χ2v) is 8.18. The summed E-state index contributed by atoms with van der Waals surface area (Å²) in [4.78, 5) is 5.10. The molecule has 1 fully saturated rings. The molecule has 0 amide bonds. The topological polar surface area (TPSA) is 6.48 Å². The Morgan fingerprint density at radius 3 is 1.97 bits per heavy atom. The number of benzene rings is 5. The maximum Gasteiger partial charge on any atom is 0.0367 e. The van der Waals surface area contributed by atoms with Gasteiger partial charge in [0.25, 0.3) is 0 Å². The van der Waals surface area contributed by atoms with Gasteiger partial charge in [-0.25, -0.2) is 0 Å². The minimum absolute atomic E-state index is 1.02. The molecule has 0 atom stereocenters. The highest BCUT2D eigenvalue weighted by Gasteiger charge is 2.18. The number of hydrogen-bond acceptors (Lipinski definition) is 2. The highest BCUT2D eigenvalue weighted by Crippen LogP contribution is 2.36. The van der Waals surface area contributed by atoms with E-state index < -0.39 is 0 Å². The van der Waals surface area contributed by atoms with Crippen molar-refractivity contribution in [2.45, 2.75) is 6.54 Å². The Labute approximate surface area is 171 Å². The van der Waals surface area contributed by atoms with E-state index in [0.717, 1.165) is 32.7 Å². The van der Waals surface area contributed by atoms with E-state index in [0.29, 0.717) is 0 Å². The number of hydrogen-bond donors (Lipinski definition) is 0.